The van der Waals surface area contributed by atoms with E-state index in [1.807, 2.05) is 22.9 Å². The van der Waals surface area contributed by atoms with Gasteiger partial charge in [-0.3, -0.25) is 0 Å². The Morgan fingerprint density at radius 3 is 2.45 bits per heavy atom. The standard InChI is InChI=1S/C20H12ClF4N5S/c21-15-9-27-19(29-17-4-1-11(8-26-17)12-5-6-31-10-12)30-18(15)28-13-2-3-16(22)14(7-13)20(23,24)25/h1-10H,(H2,26,27,28,29,30). The second kappa shape index (κ2) is 8.48. The Bertz CT molecular complexity index is 1200. The summed E-state index contributed by atoms with van der Waals surface area (Å²) < 4.78 is 52.3. The van der Waals surface area contributed by atoms with Crippen molar-refractivity contribution in [3.8, 4) is 11.1 Å². The first-order chi connectivity index (χ1) is 14.8. The zero-order valence-electron chi connectivity index (χ0n) is 15.4. The Balaban J connectivity index is 1.54. The molecule has 5 nitrogen and oxygen atoms in total. The number of benzene rings is 1. The van der Waals surface area contributed by atoms with E-state index in [1.165, 1.54) is 6.20 Å². The van der Waals surface area contributed by atoms with E-state index in [0.717, 1.165) is 23.3 Å². The summed E-state index contributed by atoms with van der Waals surface area (Å²) in [4.78, 5) is 12.5. The Morgan fingerprint density at radius 2 is 1.77 bits per heavy atom. The van der Waals surface area contributed by atoms with Crippen molar-refractivity contribution in [2.45, 2.75) is 6.18 Å². The van der Waals surface area contributed by atoms with Crippen LogP contribution in [-0.4, -0.2) is 15.0 Å². The fourth-order valence-electron chi connectivity index (χ4n) is 2.65. The lowest BCUT2D eigenvalue weighted by Gasteiger charge is -2.13. The summed E-state index contributed by atoms with van der Waals surface area (Å²) in [6.07, 6.45) is -1.85. The smallest absolute Gasteiger partial charge is 0.339 e. The summed E-state index contributed by atoms with van der Waals surface area (Å²) in [6, 6.07) is 8.12. The summed E-state index contributed by atoms with van der Waals surface area (Å²) >= 11 is 7.64. The van der Waals surface area contributed by atoms with Gasteiger partial charge in [0.05, 0.1) is 11.8 Å². The van der Waals surface area contributed by atoms with Crippen LogP contribution in [0.4, 0.5) is 40.8 Å². The molecule has 0 atom stereocenters. The maximum absolute atomic E-state index is 13.5. The highest BCUT2D eigenvalue weighted by Gasteiger charge is 2.34. The Labute approximate surface area is 182 Å². The van der Waals surface area contributed by atoms with Crippen LogP contribution in [0, 0.1) is 5.82 Å². The fraction of sp³-hybridized carbons (Fsp3) is 0.0500. The first-order valence-electron chi connectivity index (χ1n) is 8.71. The molecule has 3 aromatic heterocycles. The van der Waals surface area contributed by atoms with E-state index in [2.05, 4.69) is 25.6 Å². The molecule has 0 radical (unpaired) electrons. The molecule has 11 heteroatoms. The third-order valence-electron chi connectivity index (χ3n) is 4.14. The first kappa shape index (κ1) is 21.0. The van der Waals surface area contributed by atoms with Crippen LogP contribution in [0.25, 0.3) is 11.1 Å². The zero-order valence-corrected chi connectivity index (χ0v) is 17.0. The van der Waals surface area contributed by atoms with Gasteiger partial charge >= 0.3 is 6.18 Å². The van der Waals surface area contributed by atoms with Crippen LogP contribution in [-0.2, 0) is 6.18 Å². The van der Waals surface area contributed by atoms with Gasteiger partial charge in [0, 0.05) is 17.4 Å². The van der Waals surface area contributed by atoms with E-state index in [4.69, 9.17) is 11.6 Å². The minimum atomic E-state index is -4.83. The van der Waals surface area contributed by atoms with Gasteiger partial charge in [0.25, 0.3) is 0 Å². The van der Waals surface area contributed by atoms with Crippen LogP contribution in [0.5, 0.6) is 0 Å². The van der Waals surface area contributed by atoms with E-state index < -0.39 is 17.6 Å². The lowest BCUT2D eigenvalue weighted by Crippen LogP contribution is -2.09. The van der Waals surface area contributed by atoms with Crippen LogP contribution in [0.1, 0.15) is 5.56 Å². The molecule has 3 heterocycles. The van der Waals surface area contributed by atoms with E-state index in [0.29, 0.717) is 11.9 Å². The van der Waals surface area contributed by atoms with Crippen LogP contribution < -0.4 is 10.6 Å². The number of pyridine rings is 1. The molecule has 0 unspecified atom stereocenters. The molecule has 0 fully saturated rings. The molecule has 0 aliphatic rings. The van der Waals surface area contributed by atoms with Crippen LogP contribution in [0.15, 0.2) is 59.6 Å². The molecule has 0 aliphatic heterocycles. The van der Waals surface area contributed by atoms with Crippen molar-refractivity contribution >= 4 is 46.2 Å². The van der Waals surface area contributed by atoms with Crippen molar-refractivity contribution in [1.29, 1.82) is 0 Å². The average Bonchev–Trinajstić information content (AvgIpc) is 3.26. The molecule has 4 aromatic rings. The van der Waals surface area contributed by atoms with E-state index in [1.54, 1.807) is 23.6 Å². The number of hydrogen-bond donors (Lipinski definition) is 2. The minimum absolute atomic E-state index is 0.0292. The molecule has 2 N–H and O–H groups in total. The molecule has 31 heavy (non-hydrogen) atoms. The third kappa shape index (κ3) is 4.92. The summed E-state index contributed by atoms with van der Waals surface area (Å²) in [7, 11) is 0. The van der Waals surface area contributed by atoms with Crippen molar-refractivity contribution < 1.29 is 17.6 Å². The Kier molecular flexibility index (Phi) is 5.75. The largest absolute Gasteiger partial charge is 0.419 e. The predicted molar refractivity (Wildman–Crippen MR) is 113 cm³/mol. The summed E-state index contributed by atoms with van der Waals surface area (Å²) in [5.74, 6) is -0.728. The minimum Gasteiger partial charge on any atom is -0.339 e. The van der Waals surface area contributed by atoms with Gasteiger partial charge in [-0.25, -0.2) is 14.4 Å². The molecular formula is C20H12ClF4N5S. The maximum atomic E-state index is 13.5. The Hall–Kier alpha value is -3.24. The highest BCUT2D eigenvalue weighted by molar-refractivity contribution is 7.08. The second-order valence-corrected chi connectivity index (χ2v) is 7.46. The monoisotopic (exact) mass is 465 g/mol. The quantitative estimate of drug-likeness (QED) is 0.314. The molecule has 4 rings (SSSR count). The Morgan fingerprint density at radius 1 is 0.935 bits per heavy atom. The molecule has 0 amide bonds. The molecule has 0 spiro atoms. The first-order valence-corrected chi connectivity index (χ1v) is 10.0. The number of anilines is 4. The second-order valence-electron chi connectivity index (χ2n) is 6.28. The highest BCUT2D eigenvalue weighted by atomic mass is 35.5. The molecule has 0 bridgehead atoms. The normalized spacial score (nSPS) is 11.4. The van der Waals surface area contributed by atoms with Gasteiger partial charge in [0.2, 0.25) is 5.95 Å². The molecular weight excluding hydrogens is 454 g/mol. The van der Waals surface area contributed by atoms with Crippen molar-refractivity contribution in [2.75, 3.05) is 10.6 Å². The lowest BCUT2D eigenvalue weighted by atomic mass is 10.1. The molecule has 158 valence electrons. The van der Waals surface area contributed by atoms with Gasteiger partial charge in [0.1, 0.15) is 16.7 Å². The number of nitrogens with zero attached hydrogens (tertiary/aromatic N) is 3. The maximum Gasteiger partial charge on any atom is 0.419 e. The average molecular weight is 466 g/mol. The zero-order chi connectivity index (χ0) is 22.0. The van der Waals surface area contributed by atoms with Crippen molar-refractivity contribution in [1.82, 2.24) is 15.0 Å². The van der Waals surface area contributed by atoms with Gasteiger partial charge in [-0.15, -0.1) is 0 Å². The number of aromatic nitrogens is 3. The highest BCUT2D eigenvalue weighted by Crippen LogP contribution is 2.34. The molecule has 0 aliphatic carbocycles. The van der Waals surface area contributed by atoms with Gasteiger partial charge in [-0.05, 0) is 52.7 Å². The van der Waals surface area contributed by atoms with Crippen molar-refractivity contribution in [2.24, 2.45) is 0 Å². The lowest BCUT2D eigenvalue weighted by molar-refractivity contribution is -0.139. The van der Waals surface area contributed by atoms with Crippen LogP contribution in [0.2, 0.25) is 5.02 Å². The topological polar surface area (TPSA) is 62.7 Å². The molecule has 0 saturated carbocycles. The summed E-state index contributed by atoms with van der Waals surface area (Å²) in [6.45, 7) is 0. The number of halogens is 5. The predicted octanol–water partition coefficient (Wildman–Crippen LogP) is 6.90. The summed E-state index contributed by atoms with van der Waals surface area (Å²) in [5, 5.41) is 9.61. The summed E-state index contributed by atoms with van der Waals surface area (Å²) in [5.41, 5.74) is 0.577. The van der Waals surface area contributed by atoms with Crippen molar-refractivity contribution in [3.63, 3.8) is 0 Å². The SMILES string of the molecule is Fc1ccc(Nc2nc(Nc3ccc(-c4ccsc4)cn3)ncc2Cl)cc1C(F)(F)F. The fourth-order valence-corrected chi connectivity index (χ4v) is 3.46. The van der Waals surface area contributed by atoms with E-state index >= 15 is 0 Å². The number of nitrogens with one attached hydrogen (secondary N) is 2. The van der Waals surface area contributed by atoms with E-state index in [-0.39, 0.29) is 22.5 Å². The number of hydrogen-bond acceptors (Lipinski definition) is 6. The van der Waals surface area contributed by atoms with Crippen LogP contribution in [0.3, 0.4) is 0 Å². The van der Waals surface area contributed by atoms with Crippen molar-refractivity contribution in [3.05, 3.63) is 76.0 Å². The van der Waals surface area contributed by atoms with E-state index in [9.17, 15) is 17.6 Å². The number of rotatable bonds is 5. The van der Waals surface area contributed by atoms with Crippen LogP contribution >= 0.6 is 22.9 Å². The van der Waals surface area contributed by atoms with Gasteiger partial charge < -0.3 is 10.6 Å². The van der Waals surface area contributed by atoms with Gasteiger partial charge in [-0.2, -0.15) is 29.5 Å². The number of thiophene rings is 1. The number of alkyl halides is 3. The molecule has 0 saturated heterocycles. The third-order valence-corrected chi connectivity index (χ3v) is 5.10. The van der Waals surface area contributed by atoms with Gasteiger partial charge in [0.15, 0.2) is 5.82 Å². The van der Waals surface area contributed by atoms with Gasteiger partial charge in [-0.1, -0.05) is 11.6 Å². The molecule has 1 aromatic carbocycles.